The first-order valence-corrected chi connectivity index (χ1v) is 6.79. The fourth-order valence-corrected chi connectivity index (χ4v) is 1.93. The Morgan fingerprint density at radius 1 is 1.50 bits per heavy atom. The number of aryl methyl sites for hydroxylation is 1. The van der Waals surface area contributed by atoms with Crippen LogP contribution >= 0.6 is 11.8 Å². The van der Waals surface area contributed by atoms with Gasteiger partial charge in [0.15, 0.2) is 0 Å². The maximum atomic E-state index is 11.5. The fraction of sp³-hybridized carbons (Fsp3) is 0.286. The SMILES string of the molecule is CSC(=O)C(C#N)=C(C)NCc1cccc(C)c1. The molecule has 1 rings (SSSR count). The lowest BCUT2D eigenvalue weighted by atomic mass is 10.1. The summed E-state index contributed by atoms with van der Waals surface area (Å²) in [5, 5.41) is 11.9. The average Bonchev–Trinajstić information content (AvgIpc) is 2.37. The smallest absolute Gasteiger partial charge is 0.231 e. The molecule has 0 amide bonds. The van der Waals surface area contributed by atoms with Crippen LogP contribution in [0.3, 0.4) is 0 Å². The third-order valence-electron chi connectivity index (χ3n) is 2.52. The number of carbonyl (C=O) groups is 1. The number of thioether (sulfide) groups is 1. The first-order chi connectivity index (χ1) is 8.58. The molecule has 0 aliphatic carbocycles. The van der Waals surface area contributed by atoms with Gasteiger partial charge >= 0.3 is 0 Å². The van der Waals surface area contributed by atoms with Crippen LogP contribution in [0.1, 0.15) is 18.1 Å². The van der Waals surface area contributed by atoms with E-state index in [-0.39, 0.29) is 10.7 Å². The van der Waals surface area contributed by atoms with E-state index in [0.717, 1.165) is 17.3 Å². The lowest BCUT2D eigenvalue weighted by molar-refractivity contribution is -0.107. The molecule has 0 atom stereocenters. The Hall–Kier alpha value is -1.73. The quantitative estimate of drug-likeness (QED) is 0.668. The number of rotatable bonds is 4. The van der Waals surface area contributed by atoms with Crippen molar-refractivity contribution in [3.05, 3.63) is 46.7 Å². The van der Waals surface area contributed by atoms with E-state index in [2.05, 4.69) is 11.4 Å². The molecule has 0 saturated heterocycles. The van der Waals surface area contributed by atoms with Crippen LogP contribution in [-0.2, 0) is 11.3 Å². The van der Waals surface area contributed by atoms with E-state index in [0.29, 0.717) is 12.2 Å². The minimum absolute atomic E-state index is 0.190. The van der Waals surface area contributed by atoms with Crippen molar-refractivity contribution >= 4 is 16.9 Å². The second-order valence-electron chi connectivity index (χ2n) is 3.95. The molecular formula is C14H16N2OS. The normalized spacial score (nSPS) is 11.4. The van der Waals surface area contributed by atoms with Crippen molar-refractivity contribution in [2.45, 2.75) is 20.4 Å². The van der Waals surface area contributed by atoms with Gasteiger partial charge in [0.2, 0.25) is 5.12 Å². The van der Waals surface area contributed by atoms with Gasteiger partial charge in [0, 0.05) is 12.2 Å². The molecule has 0 saturated carbocycles. The molecule has 0 fully saturated rings. The summed E-state index contributed by atoms with van der Waals surface area (Å²) in [7, 11) is 0. The predicted molar refractivity (Wildman–Crippen MR) is 74.9 cm³/mol. The number of nitrogens with one attached hydrogen (secondary N) is 1. The number of carbonyl (C=O) groups excluding carboxylic acids is 1. The van der Waals surface area contributed by atoms with Crippen LogP contribution < -0.4 is 5.32 Å². The summed E-state index contributed by atoms with van der Waals surface area (Å²) in [6, 6.07) is 10.1. The molecule has 3 nitrogen and oxygen atoms in total. The predicted octanol–water partition coefficient (Wildman–Crippen LogP) is 2.77. The molecule has 0 heterocycles. The molecule has 1 aromatic rings. The van der Waals surface area contributed by atoms with E-state index >= 15 is 0 Å². The minimum atomic E-state index is -0.202. The highest BCUT2D eigenvalue weighted by Crippen LogP contribution is 2.11. The summed E-state index contributed by atoms with van der Waals surface area (Å²) < 4.78 is 0. The molecule has 0 unspecified atom stereocenters. The molecule has 0 aromatic heterocycles. The van der Waals surface area contributed by atoms with Gasteiger partial charge in [-0.05, 0) is 25.7 Å². The van der Waals surface area contributed by atoms with Gasteiger partial charge in [0.1, 0.15) is 11.6 Å². The van der Waals surface area contributed by atoms with Crippen molar-refractivity contribution in [2.24, 2.45) is 0 Å². The van der Waals surface area contributed by atoms with Gasteiger partial charge < -0.3 is 5.32 Å². The van der Waals surface area contributed by atoms with Gasteiger partial charge in [-0.2, -0.15) is 5.26 Å². The van der Waals surface area contributed by atoms with Gasteiger partial charge in [-0.1, -0.05) is 41.6 Å². The van der Waals surface area contributed by atoms with E-state index in [1.54, 1.807) is 13.2 Å². The lowest BCUT2D eigenvalue weighted by Gasteiger charge is -2.08. The first-order valence-electron chi connectivity index (χ1n) is 5.57. The highest BCUT2D eigenvalue weighted by Gasteiger charge is 2.10. The van der Waals surface area contributed by atoms with E-state index < -0.39 is 0 Å². The van der Waals surface area contributed by atoms with Crippen LogP contribution in [0.25, 0.3) is 0 Å². The van der Waals surface area contributed by atoms with Gasteiger partial charge in [0.05, 0.1) is 0 Å². The monoisotopic (exact) mass is 260 g/mol. The van der Waals surface area contributed by atoms with E-state index in [1.165, 1.54) is 5.56 Å². The summed E-state index contributed by atoms with van der Waals surface area (Å²) in [6.07, 6.45) is 1.67. The molecular weight excluding hydrogens is 244 g/mol. The second kappa shape index (κ2) is 6.87. The number of hydrogen-bond donors (Lipinski definition) is 1. The van der Waals surface area contributed by atoms with Crippen molar-refractivity contribution in [2.75, 3.05) is 6.26 Å². The highest BCUT2D eigenvalue weighted by molar-refractivity contribution is 8.13. The van der Waals surface area contributed by atoms with Gasteiger partial charge in [-0.15, -0.1) is 0 Å². The zero-order valence-electron chi connectivity index (χ0n) is 10.8. The zero-order chi connectivity index (χ0) is 13.5. The summed E-state index contributed by atoms with van der Waals surface area (Å²) in [4.78, 5) is 11.5. The number of benzene rings is 1. The number of nitrogens with zero attached hydrogens (tertiary/aromatic N) is 1. The fourth-order valence-electron chi connectivity index (χ4n) is 1.53. The summed E-state index contributed by atoms with van der Waals surface area (Å²) in [5.74, 6) is 0. The Balaban J connectivity index is 2.76. The third kappa shape index (κ3) is 3.94. The molecule has 0 aliphatic heterocycles. The molecule has 4 heteroatoms. The van der Waals surface area contributed by atoms with Crippen LogP contribution in [0.5, 0.6) is 0 Å². The topological polar surface area (TPSA) is 52.9 Å². The lowest BCUT2D eigenvalue weighted by Crippen LogP contribution is -2.14. The van der Waals surface area contributed by atoms with Crippen LogP contribution in [0.15, 0.2) is 35.5 Å². The van der Waals surface area contributed by atoms with Gasteiger partial charge in [-0.25, -0.2) is 0 Å². The molecule has 1 aromatic carbocycles. The summed E-state index contributed by atoms with van der Waals surface area (Å²) in [5.41, 5.74) is 3.13. The molecule has 1 N–H and O–H groups in total. The number of nitriles is 1. The Kier molecular flexibility index (Phi) is 5.47. The Labute approximate surface area is 112 Å². The molecule has 0 bridgehead atoms. The molecule has 0 spiro atoms. The molecule has 0 aliphatic rings. The van der Waals surface area contributed by atoms with Crippen LogP contribution in [-0.4, -0.2) is 11.4 Å². The van der Waals surface area contributed by atoms with Crippen LogP contribution in [0.2, 0.25) is 0 Å². The van der Waals surface area contributed by atoms with Crippen molar-refractivity contribution in [3.63, 3.8) is 0 Å². The van der Waals surface area contributed by atoms with Gasteiger partial charge in [-0.3, -0.25) is 4.79 Å². The Morgan fingerprint density at radius 3 is 2.78 bits per heavy atom. The van der Waals surface area contributed by atoms with Gasteiger partial charge in [0.25, 0.3) is 0 Å². The zero-order valence-corrected chi connectivity index (χ0v) is 11.6. The second-order valence-corrected chi connectivity index (χ2v) is 4.73. The van der Waals surface area contributed by atoms with Crippen LogP contribution in [0, 0.1) is 18.3 Å². The maximum Gasteiger partial charge on any atom is 0.231 e. The third-order valence-corrected chi connectivity index (χ3v) is 3.09. The van der Waals surface area contributed by atoms with Crippen LogP contribution in [0.4, 0.5) is 0 Å². The van der Waals surface area contributed by atoms with E-state index in [4.69, 9.17) is 5.26 Å². The van der Waals surface area contributed by atoms with Crippen molar-refractivity contribution < 1.29 is 4.79 Å². The maximum absolute atomic E-state index is 11.5. The van der Waals surface area contributed by atoms with Crippen molar-refractivity contribution in [1.29, 1.82) is 5.26 Å². The summed E-state index contributed by atoms with van der Waals surface area (Å²) in [6.45, 7) is 4.40. The van der Waals surface area contributed by atoms with Crippen molar-refractivity contribution in [3.8, 4) is 6.07 Å². The summed E-state index contributed by atoms with van der Waals surface area (Å²) >= 11 is 1.05. The van der Waals surface area contributed by atoms with Crippen molar-refractivity contribution in [1.82, 2.24) is 5.32 Å². The average molecular weight is 260 g/mol. The number of allylic oxidation sites excluding steroid dienone is 1. The molecule has 94 valence electrons. The Morgan fingerprint density at radius 2 is 2.22 bits per heavy atom. The van der Waals surface area contributed by atoms with E-state index in [1.807, 2.05) is 31.2 Å². The highest BCUT2D eigenvalue weighted by atomic mass is 32.2. The van der Waals surface area contributed by atoms with E-state index in [9.17, 15) is 4.79 Å². The molecule has 18 heavy (non-hydrogen) atoms. The molecule has 0 radical (unpaired) electrons. The number of hydrogen-bond acceptors (Lipinski definition) is 4. The minimum Gasteiger partial charge on any atom is -0.383 e. The Bertz CT molecular complexity index is 515. The first kappa shape index (κ1) is 14.3. The standard InChI is InChI=1S/C14H16N2OS/c1-10-5-4-6-12(7-10)9-16-11(2)13(8-15)14(17)18-3/h4-7,16H,9H2,1-3H3. The largest absolute Gasteiger partial charge is 0.383 e.